The number of hydrogen-bond acceptors (Lipinski definition) is 2. The summed E-state index contributed by atoms with van der Waals surface area (Å²) in [5.41, 5.74) is 0.856. The highest BCUT2D eigenvalue weighted by atomic mass is 127. The lowest BCUT2D eigenvalue weighted by Gasteiger charge is -2.35. The number of halogens is 1. The number of benzene rings is 1. The number of nitrogens with one attached hydrogen (secondary N) is 1. The van der Waals surface area contributed by atoms with E-state index in [-0.39, 0.29) is 18.2 Å². The molecule has 1 aliphatic heterocycles. The Morgan fingerprint density at radius 1 is 1.33 bits per heavy atom. The number of urea groups is 1. The zero-order valence-electron chi connectivity index (χ0n) is 10.5. The van der Waals surface area contributed by atoms with Gasteiger partial charge in [-0.1, -0.05) is 12.1 Å². The van der Waals surface area contributed by atoms with Gasteiger partial charge in [-0.2, -0.15) is 0 Å². The molecule has 2 amide bonds. The van der Waals surface area contributed by atoms with E-state index in [1.54, 1.807) is 0 Å². The molecule has 5 heteroatoms. The number of ether oxygens (including phenoxy) is 1. The van der Waals surface area contributed by atoms with Crippen LogP contribution in [0.5, 0.6) is 0 Å². The largest absolute Gasteiger partial charge is 0.372 e. The number of anilines is 1. The summed E-state index contributed by atoms with van der Waals surface area (Å²) in [7, 11) is 0. The van der Waals surface area contributed by atoms with E-state index < -0.39 is 0 Å². The molecule has 2 unspecified atom stereocenters. The Labute approximate surface area is 121 Å². The van der Waals surface area contributed by atoms with Gasteiger partial charge in [0, 0.05) is 16.7 Å². The van der Waals surface area contributed by atoms with E-state index >= 15 is 0 Å². The van der Waals surface area contributed by atoms with Gasteiger partial charge in [-0.25, -0.2) is 4.79 Å². The van der Waals surface area contributed by atoms with Crippen molar-refractivity contribution in [2.24, 2.45) is 0 Å². The topological polar surface area (TPSA) is 41.6 Å². The van der Waals surface area contributed by atoms with Crippen molar-refractivity contribution in [3.8, 4) is 0 Å². The molecule has 0 aliphatic carbocycles. The smallest absolute Gasteiger partial charge is 0.322 e. The van der Waals surface area contributed by atoms with Crippen molar-refractivity contribution in [2.75, 3.05) is 18.4 Å². The number of para-hydroxylation sites is 1. The van der Waals surface area contributed by atoms with Crippen LogP contribution < -0.4 is 5.32 Å². The third-order valence-corrected chi connectivity index (χ3v) is 3.76. The van der Waals surface area contributed by atoms with E-state index in [1.165, 1.54) is 0 Å². The molecular formula is C13H17IN2O2. The Bertz CT molecular complexity index is 429. The summed E-state index contributed by atoms with van der Waals surface area (Å²) in [5.74, 6) is 0. The Morgan fingerprint density at radius 2 is 1.94 bits per heavy atom. The fourth-order valence-electron chi connectivity index (χ4n) is 2.10. The Kier molecular flexibility index (Phi) is 4.45. The maximum atomic E-state index is 12.2. The van der Waals surface area contributed by atoms with Crippen molar-refractivity contribution in [1.29, 1.82) is 0 Å². The highest BCUT2D eigenvalue weighted by molar-refractivity contribution is 14.1. The van der Waals surface area contributed by atoms with Crippen LogP contribution in [-0.4, -0.2) is 36.2 Å². The minimum absolute atomic E-state index is 0.0545. The summed E-state index contributed by atoms with van der Waals surface area (Å²) in [6.45, 7) is 5.25. The molecule has 1 fully saturated rings. The predicted octanol–water partition coefficient (Wildman–Crippen LogP) is 2.93. The third-order valence-electron chi connectivity index (χ3n) is 2.82. The summed E-state index contributed by atoms with van der Waals surface area (Å²) < 4.78 is 6.66. The normalized spacial score (nSPS) is 23.8. The van der Waals surface area contributed by atoms with Gasteiger partial charge in [0.2, 0.25) is 0 Å². The predicted molar refractivity (Wildman–Crippen MR) is 79.8 cm³/mol. The maximum absolute atomic E-state index is 12.2. The molecule has 1 N–H and O–H groups in total. The average molecular weight is 360 g/mol. The van der Waals surface area contributed by atoms with E-state index in [1.807, 2.05) is 43.0 Å². The first-order valence-corrected chi connectivity index (χ1v) is 7.10. The van der Waals surface area contributed by atoms with Crippen LogP contribution in [0.3, 0.4) is 0 Å². The van der Waals surface area contributed by atoms with Crippen molar-refractivity contribution < 1.29 is 9.53 Å². The van der Waals surface area contributed by atoms with Crippen molar-refractivity contribution in [1.82, 2.24) is 4.90 Å². The summed E-state index contributed by atoms with van der Waals surface area (Å²) in [6, 6.07) is 7.70. The lowest BCUT2D eigenvalue weighted by molar-refractivity contribution is -0.0530. The van der Waals surface area contributed by atoms with E-state index in [2.05, 4.69) is 27.9 Å². The zero-order chi connectivity index (χ0) is 13.1. The van der Waals surface area contributed by atoms with E-state index in [0.717, 1.165) is 9.26 Å². The van der Waals surface area contributed by atoms with Gasteiger partial charge in [-0.05, 0) is 48.6 Å². The number of rotatable bonds is 1. The second-order valence-corrected chi connectivity index (χ2v) is 5.73. The fraction of sp³-hybridized carbons (Fsp3) is 0.462. The summed E-state index contributed by atoms with van der Waals surface area (Å²) in [6.07, 6.45) is 0.184. The van der Waals surface area contributed by atoms with Gasteiger partial charge in [-0.15, -0.1) is 0 Å². The van der Waals surface area contributed by atoms with Crippen LogP contribution in [0.2, 0.25) is 0 Å². The minimum atomic E-state index is -0.0545. The molecule has 18 heavy (non-hydrogen) atoms. The first-order chi connectivity index (χ1) is 8.56. The SMILES string of the molecule is CC1CN(C(=O)Nc2ccccc2I)CC(C)O1. The number of amides is 2. The first-order valence-electron chi connectivity index (χ1n) is 6.02. The molecule has 1 aromatic carbocycles. The molecule has 0 saturated carbocycles. The molecule has 1 aromatic rings. The molecule has 0 radical (unpaired) electrons. The van der Waals surface area contributed by atoms with Crippen LogP contribution in [-0.2, 0) is 4.74 Å². The first kappa shape index (κ1) is 13.6. The van der Waals surface area contributed by atoms with Gasteiger partial charge in [0.15, 0.2) is 0 Å². The Balaban J connectivity index is 2.02. The molecule has 1 heterocycles. The van der Waals surface area contributed by atoms with E-state index in [0.29, 0.717) is 13.1 Å². The number of carbonyl (C=O) groups is 1. The fourth-order valence-corrected chi connectivity index (χ4v) is 2.62. The zero-order valence-corrected chi connectivity index (χ0v) is 12.7. The van der Waals surface area contributed by atoms with Crippen molar-refractivity contribution >= 4 is 34.3 Å². The van der Waals surface area contributed by atoms with Gasteiger partial charge < -0.3 is 15.0 Å². The van der Waals surface area contributed by atoms with Gasteiger partial charge >= 0.3 is 6.03 Å². The van der Waals surface area contributed by atoms with Crippen LogP contribution in [0, 0.1) is 3.57 Å². The molecule has 0 bridgehead atoms. The Hall–Kier alpha value is -0.820. The molecule has 0 spiro atoms. The van der Waals surface area contributed by atoms with Gasteiger partial charge in [-0.3, -0.25) is 0 Å². The molecule has 2 rings (SSSR count). The second kappa shape index (κ2) is 5.88. The summed E-state index contributed by atoms with van der Waals surface area (Å²) in [5, 5.41) is 2.94. The number of morpholine rings is 1. The lowest BCUT2D eigenvalue weighted by atomic mass is 10.2. The molecule has 0 aromatic heterocycles. The lowest BCUT2D eigenvalue weighted by Crippen LogP contribution is -2.49. The van der Waals surface area contributed by atoms with Crippen molar-refractivity contribution in [3.05, 3.63) is 27.8 Å². The second-order valence-electron chi connectivity index (χ2n) is 4.57. The van der Waals surface area contributed by atoms with Gasteiger partial charge in [0.25, 0.3) is 0 Å². The molecular weight excluding hydrogens is 343 g/mol. The molecule has 1 saturated heterocycles. The molecule has 2 atom stereocenters. The summed E-state index contributed by atoms with van der Waals surface area (Å²) >= 11 is 2.21. The van der Waals surface area contributed by atoms with Crippen LogP contribution in [0.15, 0.2) is 24.3 Å². The monoisotopic (exact) mass is 360 g/mol. The molecule has 98 valence electrons. The van der Waals surface area contributed by atoms with Gasteiger partial charge in [0.1, 0.15) is 0 Å². The van der Waals surface area contributed by atoms with Crippen LogP contribution in [0.1, 0.15) is 13.8 Å². The third kappa shape index (κ3) is 3.35. The number of nitrogens with zero attached hydrogens (tertiary/aromatic N) is 1. The van der Waals surface area contributed by atoms with Crippen LogP contribution >= 0.6 is 22.6 Å². The Morgan fingerprint density at radius 3 is 2.56 bits per heavy atom. The van der Waals surface area contributed by atoms with Crippen molar-refractivity contribution in [3.63, 3.8) is 0 Å². The highest BCUT2D eigenvalue weighted by Crippen LogP contribution is 2.18. The number of hydrogen-bond donors (Lipinski definition) is 1. The van der Waals surface area contributed by atoms with E-state index in [4.69, 9.17) is 4.74 Å². The van der Waals surface area contributed by atoms with Crippen molar-refractivity contribution in [2.45, 2.75) is 26.1 Å². The highest BCUT2D eigenvalue weighted by Gasteiger charge is 2.25. The van der Waals surface area contributed by atoms with Crippen LogP contribution in [0.4, 0.5) is 10.5 Å². The quantitative estimate of drug-likeness (QED) is 0.783. The number of carbonyl (C=O) groups excluding carboxylic acids is 1. The van der Waals surface area contributed by atoms with E-state index in [9.17, 15) is 4.79 Å². The minimum Gasteiger partial charge on any atom is -0.372 e. The standard InChI is InChI=1S/C13H17IN2O2/c1-9-7-16(8-10(2)18-9)13(17)15-12-6-4-3-5-11(12)14/h3-6,9-10H,7-8H2,1-2H3,(H,15,17). The van der Waals surface area contributed by atoms with Crippen LogP contribution in [0.25, 0.3) is 0 Å². The molecule has 1 aliphatic rings. The van der Waals surface area contributed by atoms with Gasteiger partial charge in [0.05, 0.1) is 17.9 Å². The summed E-state index contributed by atoms with van der Waals surface area (Å²) in [4.78, 5) is 14.0. The maximum Gasteiger partial charge on any atom is 0.322 e. The molecule has 4 nitrogen and oxygen atoms in total. The average Bonchev–Trinajstić information content (AvgIpc) is 2.31.